The van der Waals surface area contributed by atoms with Gasteiger partial charge in [-0.15, -0.1) is 11.3 Å². The zero-order valence-corrected chi connectivity index (χ0v) is 21.2. The Balaban J connectivity index is 1.42. The molecule has 0 radical (unpaired) electrons. The number of carboxylic acid groups (broad SMARTS) is 1. The molecule has 2 N–H and O–H groups in total. The number of nitrogens with zero attached hydrogens (tertiary/aromatic N) is 2. The number of methoxy groups -OCH3 is 1. The van der Waals surface area contributed by atoms with E-state index in [1.807, 2.05) is 35.7 Å². The van der Waals surface area contributed by atoms with Crippen molar-refractivity contribution in [3.05, 3.63) is 57.4 Å². The first kappa shape index (κ1) is 25.5. The van der Waals surface area contributed by atoms with Crippen molar-refractivity contribution in [3.63, 3.8) is 0 Å². The third-order valence-corrected chi connectivity index (χ3v) is 7.75. The van der Waals surface area contributed by atoms with E-state index in [2.05, 4.69) is 21.7 Å². The van der Waals surface area contributed by atoms with Gasteiger partial charge in [0.1, 0.15) is 5.75 Å². The number of rotatable bonds is 8. The number of aliphatic hydroxyl groups is 1. The average Bonchev–Trinajstić information content (AvgIpc) is 3.36. The van der Waals surface area contributed by atoms with Crippen molar-refractivity contribution in [3.8, 4) is 17.6 Å². The fraction of sp³-hybridized carbons (Fsp3) is 0.407. The summed E-state index contributed by atoms with van der Waals surface area (Å²) in [4.78, 5) is 19.2. The standard InChI is InChI=1S/C27H29ClN2O4S/c1-34-20-7-8-24-22(15-20)27(23(28)16-29-24)25(31)9-6-18-10-12-30(17-19(18)14-26(32)33)11-2-4-21-5-3-13-35-21/h3,5,7-8,13,15-16,18-19,25,31H,6,9-12,14,17H2,1H3,(H,32,33)/t18?,19?,25-/m1/s1. The second kappa shape index (κ2) is 11.9. The van der Waals surface area contributed by atoms with Gasteiger partial charge in [0.15, 0.2) is 0 Å². The topological polar surface area (TPSA) is 82.9 Å². The number of halogens is 1. The Morgan fingerprint density at radius 1 is 1.37 bits per heavy atom. The molecule has 184 valence electrons. The molecule has 1 saturated heterocycles. The molecule has 6 nitrogen and oxygen atoms in total. The van der Waals surface area contributed by atoms with Crippen molar-refractivity contribution in [2.24, 2.45) is 11.8 Å². The number of hydrogen-bond acceptors (Lipinski definition) is 6. The van der Waals surface area contributed by atoms with Crippen molar-refractivity contribution in [2.45, 2.75) is 31.8 Å². The molecule has 2 unspecified atom stereocenters. The molecule has 3 aromatic rings. The molecule has 0 spiro atoms. The summed E-state index contributed by atoms with van der Waals surface area (Å²) >= 11 is 8.07. The normalized spacial score (nSPS) is 19.2. The Hall–Kier alpha value is -2.63. The summed E-state index contributed by atoms with van der Waals surface area (Å²) in [5.74, 6) is 6.50. The number of hydrogen-bond donors (Lipinski definition) is 2. The second-order valence-corrected chi connectivity index (χ2v) is 10.3. The van der Waals surface area contributed by atoms with Crippen molar-refractivity contribution >= 4 is 39.8 Å². The van der Waals surface area contributed by atoms with E-state index >= 15 is 0 Å². The van der Waals surface area contributed by atoms with Gasteiger partial charge in [0, 0.05) is 30.1 Å². The number of aliphatic carboxylic acids is 1. The maximum absolute atomic E-state index is 11.6. The molecule has 8 heteroatoms. The molecule has 3 heterocycles. The van der Waals surface area contributed by atoms with Gasteiger partial charge in [-0.1, -0.05) is 29.5 Å². The van der Waals surface area contributed by atoms with Gasteiger partial charge >= 0.3 is 5.97 Å². The van der Waals surface area contributed by atoms with Crippen molar-refractivity contribution < 1.29 is 19.7 Å². The summed E-state index contributed by atoms with van der Waals surface area (Å²) in [6.45, 7) is 2.19. The average molecular weight is 513 g/mol. The van der Waals surface area contributed by atoms with Gasteiger partial charge in [0.05, 0.1) is 35.2 Å². The van der Waals surface area contributed by atoms with Crippen LogP contribution in [0.4, 0.5) is 0 Å². The van der Waals surface area contributed by atoms with Gasteiger partial charge in [0.25, 0.3) is 0 Å². The monoisotopic (exact) mass is 512 g/mol. The molecule has 2 aromatic heterocycles. The number of fused-ring (bicyclic) bond motifs is 1. The number of benzene rings is 1. The molecule has 0 bridgehead atoms. The van der Waals surface area contributed by atoms with E-state index in [0.29, 0.717) is 35.8 Å². The highest BCUT2D eigenvalue weighted by atomic mass is 35.5. The smallest absolute Gasteiger partial charge is 0.303 e. The van der Waals surface area contributed by atoms with Gasteiger partial charge < -0.3 is 14.9 Å². The SMILES string of the molecule is COc1ccc2ncc(Cl)c([C@H](O)CCC3CCN(CC#Cc4cccs4)CC3CC(=O)O)c2c1. The van der Waals surface area contributed by atoms with Crippen LogP contribution < -0.4 is 4.74 Å². The highest BCUT2D eigenvalue weighted by Crippen LogP contribution is 2.37. The van der Waals surface area contributed by atoms with Crippen LogP contribution in [-0.2, 0) is 4.79 Å². The van der Waals surface area contributed by atoms with Crippen molar-refractivity contribution in [1.29, 1.82) is 0 Å². The van der Waals surface area contributed by atoms with Gasteiger partial charge in [-0.05, 0) is 67.3 Å². The van der Waals surface area contributed by atoms with E-state index < -0.39 is 12.1 Å². The second-order valence-electron chi connectivity index (χ2n) is 8.92. The van der Waals surface area contributed by atoms with Crippen molar-refractivity contribution in [2.75, 3.05) is 26.7 Å². The minimum atomic E-state index is -0.790. The molecular formula is C27H29ClN2O4S. The minimum absolute atomic E-state index is 0.0155. The summed E-state index contributed by atoms with van der Waals surface area (Å²) in [7, 11) is 1.60. The van der Waals surface area contributed by atoms with Gasteiger partial charge in [-0.25, -0.2) is 0 Å². The maximum atomic E-state index is 11.6. The van der Waals surface area contributed by atoms with E-state index in [9.17, 15) is 15.0 Å². The molecule has 4 rings (SSSR count). The van der Waals surface area contributed by atoms with E-state index in [-0.39, 0.29) is 18.3 Å². The number of piperidine rings is 1. The largest absolute Gasteiger partial charge is 0.497 e. The summed E-state index contributed by atoms with van der Waals surface area (Å²) in [6, 6.07) is 9.50. The third-order valence-electron chi connectivity index (χ3n) is 6.66. The Morgan fingerprint density at radius 3 is 2.97 bits per heavy atom. The van der Waals surface area contributed by atoms with Crippen LogP contribution in [0.1, 0.15) is 42.2 Å². The zero-order chi connectivity index (χ0) is 24.8. The number of likely N-dealkylation sites (tertiary alicyclic amines) is 1. The van der Waals surface area contributed by atoms with Gasteiger partial charge in [0.2, 0.25) is 0 Å². The molecule has 1 aliphatic rings. The van der Waals surface area contributed by atoms with E-state index in [0.717, 1.165) is 35.2 Å². The minimum Gasteiger partial charge on any atom is -0.497 e. The Morgan fingerprint density at radius 2 is 2.23 bits per heavy atom. The predicted octanol–water partition coefficient (Wildman–Crippen LogP) is 5.24. The molecule has 1 fully saturated rings. The number of carboxylic acids is 1. The van der Waals surface area contributed by atoms with Crippen LogP contribution in [-0.4, -0.2) is 52.8 Å². The molecule has 35 heavy (non-hydrogen) atoms. The molecular weight excluding hydrogens is 484 g/mol. The summed E-state index contributed by atoms with van der Waals surface area (Å²) in [6.07, 6.45) is 3.00. The number of pyridine rings is 1. The van der Waals surface area contributed by atoms with E-state index in [4.69, 9.17) is 16.3 Å². The molecule has 0 amide bonds. The van der Waals surface area contributed by atoms with Gasteiger partial charge in [-0.3, -0.25) is 14.7 Å². The van der Waals surface area contributed by atoms with Crippen LogP contribution in [0, 0.1) is 23.7 Å². The first-order valence-corrected chi connectivity index (χ1v) is 13.0. The summed E-state index contributed by atoms with van der Waals surface area (Å²) < 4.78 is 5.34. The lowest BCUT2D eigenvalue weighted by atomic mass is 9.79. The van der Waals surface area contributed by atoms with Crippen LogP contribution in [0.15, 0.2) is 41.9 Å². The fourth-order valence-electron chi connectivity index (χ4n) is 4.87. The molecule has 1 aliphatic heterocycles. The maximum Gasteiger partial charge on any atom is 0.303 e. The lowest BCUT2D eigenvalue weighted by Gasteiger charge is -2.37. The highest BCUT2D eigenvalue weighted by molar-refractivity contribution is 7.10. The third kappa shape index (κ3) is 6.53. The zero-order valence-electron chi connectivity index (χ0n) is 19.6. The van der Waals surface area contributed by atoms with Gasteiger partial charge in [-0.2, -0.15) is 0 Å². The highest BCUT2D eigenvalue weighted by Gasteiger charge is 2.31. The van der Waals surface area contributed by atoms with Crippen LogP contribution >= 0.6 is 22.9 Å². The fourth-order valence-corrected chi connectivity index (χ4v) is 5.74. The Bertz CT molecular complexity index is 1220. The summed E-state index contributed by atoms with van der Waals surface area (Å²) in [5, 5.41) is 23.8. The molecule has 0 saturated carbocycles. The van der Waals surface area contributed by atoms with Crippen LogP contribution in [0.3, 0.4) is 0 Å². The van der Waals surface area contributed by atoms with Crippen molar-refractivity contribution in [1.82, 2.24) is 9.88 Å². The quantitative estimate of drug-likeness (QED) is 0.402. The van der Waals surface area contributed by atoms with Crippen LogP contribution in [0.2, 0.25) is 5.02 Å². The molecule has 3 atom stereocenters. The number of aromatic nitrogens is 1. The van der Waals surface area contributed by atoms with E-state index in [1.165, 1.54) is 0 Å². The first-order valence-electron chi connectivity index (χ1n) is 11.7. The predicted molar refractivity (Wildman–Crippen MR) is 139 cm³/mol. The van der Waals surface area contributed by atoms with Crippen LogP contribution in [0.25, 0.3) is 10.9 Å². The lowest BCUT2D eigenvalue weighted by molar-refractivity contribution is -0.139. The Kier molecular flexibility index (Phi) is 8.64. The lowest BCUT2D eigenvalue weighted by Crippen LogP contribution is -2.41. The molecule has 1 aromatic carbocycles. The Labute approximate surface area is 214 Å². The number of aliphatic hydroxyl groups excluding tert-OH is 1. The number of thiophene rings is 1. The number of carbonyl (C=O) groups is 1. The number of ether oxygens (including phenoxy) is 1. The first-order chi connectivity index (χ1) is 16.9. The summed E-state index contributed by atoms with van der Waals surface area (Å²) in [5.41, 5.74) is 1.39. The molecule has 0 aliphatic carbocycles. The van der Waals surface area contributed by atoms with Crippen LogP contribution in [0.5, 0.6) is 5.75 Å². The van der Waals surface area contributed by atoms with E-state index in [1.54, 1.807) is 24.6 Å².